The molecule has 0 aliphatic carbocycles. The van der Waals surface area contributed by atoms with Gasteiger partial charge < -0.3 is 19.5 Å². The summed E-state index contributed by atoms with van der Waals surface area (Å²) in [6, 6.07) is 8.47. The molecular weight excluding hydrogens is 354 g/mol. The molecule has 2 aliphatic rings. The number of rotatable bonds is 4. The standard InChI is InChI=1S/C21H31N5O2/c1-16(15-25-11-13-28-14-12-25)22-21(27)26-9-7-17(8-10-26)20-23-18-5-3-4-6-19(18)24(20)2/h3-6,16-17H,7-15H2,1-2H3,(H,22,27). The van der Waals surface area contributed by atoms with Crippen LogP contribution >= 0.6 is 0 Å². The number of aromatic nitrogens is 2. The van der Waals surface area contributed by atoms with Gasteiger partial charge in [-0.15, -0.1) is 0 Å². The molecule has 2 aromatic rings. The van der Waals surface area contributed by atoms with Gasteiger partial charge in [0.2, 0.25) is 0 Å². The number of carbonyl (C=O) groups is 1. The van der Waals surface area contributed by atoms with Crippen LogP contribution < -0.4 is 5.32 Å². The third-order valence-electron chi connectivity index (χ3n) is 5.97. The van der Waals surface area contributed by atoms with E-state index in [1.54, 1.807) is 0 Å². The summed E-state index contributed by atoms with van der Waals surface area (Å²) in [4.78, 5) is 21.8. The Morgan fingerprint density at radius 1 is 1.21 bits per heavy atom. The molecule has 1 unspecified atom stereocenters. The number of aryl methyl sites for hydroxylation is 1. The van der Waals surface area contributed by atoms with E-state index in [2.05, 4.69) is 47.0 Å². The Morgan fingerprint density at radius 2 is 1.93 bits per heavy atom. The van der Waals surface area contributed by atoms with Crippen molar-refractivity contribution in [3.05, 3.63) is 30.1 Å². The molecule has 7 heteroatoms. The van der Waals surface area contributed by atoms with Crippen LogP contribution in [0.25, 0.3) is 11.0 Å². The summed E-state index contributed by atoms with van der Waals surface area (Å²) in [7, 11) is 2.09. The highest BCUT2D eigenvalue weighted by molar-refractivity contribution is 5.76. The van der Waals surface area contributed by atoms with Crippen molar-refractivity contribution in [2.45, 2.75) is 31.7 Å². The first-order valence-corrected chi connectivity index (χ1v) is 10.4. The minimum Gasteiger partial charge on any atom is -0.379 e. The van der Waals surface area contributed by atoms with Crippen LogP contribution in [0.5, 0.6) is 0 Å². The van der Waals surface area contributed by atoms with E-state index in [-0.39, 0.29) is 12.1 Å². The Hall–Kier alpha value is -2.12. The van der Waals surface area contributed by atoms with Gasteiger partial charge in [-0.25, -0.2) is 9.78 Å². The number of piperidine rings is 1. The van der Waals surface area contributed by atoms with Crippen LogP contribution in [0.3, 0.4) is 0 Å². The van der Waals surface area contributed by atoms with Gasteiger partial charge in [0, 0.05) is 51.7 Å². The molecule has 2 amide bonds. The van der Waals surface area contributed by atoms with Crippen molar-refractivity contribution in [3.63, 3.8) is 0 Å². The van der Waals surface area contributed by atoms with Crippen LogP contribution in [0.4, 0.5) is 4.79 Å². The van der Waals surface area contributed by atoms with E-state index >= 15 is 0 Å². The molecule has 4 rings (SSSR count). The number of nitrogens with zero attached hydrogens (tertiary/aromatic N) is 4. The van der Waals surface area contributed by atoms with Crippen molar-refractivity contribution in [2.75, 3.05) is 45.9 Å². The largest absolute Gasteiger partial charge is 0.379 e. The highest BCUT2D eigenvalue weighted by atomic mass is 16.5. The van der Waals surface area contributed by atoms with E-state index in [0.717, 1.165) is 70.1 Å². The predicted molar refractivity (Wildman–Crippen MR) is 110 cm³/mol. The molecule has 28 heavy (non-hydrogen) atoms. The quantitative estimate of drug-likeness (QED) is 0.876. The van der Waals surface area contributed by atoms with Gasteiger partial charge in [-0.2, -0.15) is 0 Å². The van der Waals surface area contributed by atoms with Gasteiger partial charge in [0.05, 0.1) is 24.2 Å². The fourth-order valence-corrected chi connectivity index (χ4v) is 4.39. The zero-order valence-electron chi connectivity index (χ0n) is 16.9. The van der Waals surface area contributed by atoms with Crippen LogP contribution in [0.1, 0.15) is 31.5 Å². The molecule has 1 N–H and O–H groups in total. The number of imidazole rings is 1. The lowest BCUT2D eigenvalue weighted by atomic mass is 9.96. The Bertz CT molecular complexity index is 806. The van der Waals surface area contributed by atoms with Gasteiger partial charge >= 0.3 is 6.03 Å². The lowest BCUT2D eigenvalue weighted by Crippen LogP contribution is -2.51. The van der Waals surface area contributed by atoms with Gasteiger partial charge in [0.15, 0.2) is 0 Å². The number of carbonyl (C=O) groups excluding carboxylic acids is 1. The van der Waals surface area contributed by atoms with Gasteiger partial charge in [0.25, 0.3) is 0 Å². The van der Waals surface area contributed by atoms with Crippen molar-refractivity contribution >= 4 is 17.1 Å². The second-order valence-corrected chi connectivity index (χ2v) is 8.04. The van der Waals surface area contributed by atoms with Crippen molar-refractivity contribution in [1.29, 1.82) is 0 Å². The average Bonchev–Trinajstić information content (AvgIpc) is 3.05. The van der Waals surface area contributed by atoms with E-state index in [0.29, 0.717) is 5.92 Å². The number of hydrogen-bond acceptors (Lipinski definition) is 4. The van der Waals surface area contributed by atoms with Crippen LogP contribution in [0.15, 0.2) is 24.3 Å². The second kappa shape index (κ2) is 8.49. The Morgan fingerprint density at radius 3 is 2.64 bits per heavy atom. The first kappa shape index (κ1) is 19.2. The Balaban J connectivity index is 1.29. The van der Waals surface area contributed by atoms with Gasteiger partial charge in [-0.05, 0) is 31.9 Å². The second-order valence-electron chi connectivity index (χ2n) is 8.04. The molecule has 1 aromatic carbocycles. The predicted octanol–water partition coefficient (Wildman–Crippen LogP) is 2.18. The molecule has 0 spiro atoms. The lowest BCUT2D eigenvalue weighted by Gasteiger charge is -2.34. The maximum atomic E-state index is 12.7. The number of urea groups is 1. The van der Waals surface area contributed by atoms with Crippen molar-refractivity contribution < 1.29 is 9.53 Å². The summed E-state index contributed by atoms with van der Waals surface area (Å²) < 4.78 is 7.60. The summed E-state index contributed by atoms with van der Waals surface area (Å²) >= 11 is 0. The molecule has 0 bridgehead atoms. The van der Waals surface area contributed by atoms with E-state index < -0.39 is 0 Å². The summed E-state index contributed by atoms with van der Waals surface area (Å²) in [5.74, 6) is 1.55. The number of hydrogen-bond donors (Lipinski definition) is 1. The number of amides is 2. The number of likely N-dealkylation sites (tertiary alicyclic amines) is 1. The van der Waals surface area contributed by atoms with Gasteiger partial charge in [-0.1, -0.05) is 12.1 Å². The summed E-state index contributed by atoms with van der Waals surface area (Å²) in [5, 5.41) is 3.17. The topological polar surface area (TPSA) is 62.6 Å². The average molecular weight is 386 g/mol. The number of fused-ring (bicyclic) bond motifs is 1. The Kier molecular flexibility index (Phi) is 5.82. The highest BCUT2D eigenvalue weighted by Gasteiger charge is 2.27. The zero-order chi connectivity index (χ0) is 19.5. The molecule has 7 nitrogen and oxygen atoms in total. The summed E-state index contributed by atoms with van der Waals surface area (Å²) in [6.07, 6.45) is 1.92. The van der Waals surface area contributed by atoms with E-state index in [1.165, 1.54) is 5.52 Å². The molecule has 0 radical (unpaired) electrons. The lowest BCUT2D eigenvalue weighted by molar-refractivity contribution is 0.0346. The SMILES string of the molecule is CC(CN1CCOCC1)NC(=O)N1CCC(c2nc3ccccc3n2C)CC1. The molecule has 3 heterocycles. The number of benzene rings is 1. The van der Waals surface area contributed by atoms with Gasteiger partial charge in [0.1, 0.15) is 5.82 Å². The number of para-hydroxylation sites is 2. The molecular formula is C21H31N5O2. The van der Waals surface area contributed by atoms with E-state index in [1.807, 2.05) is 11.0 Å². The Labute approximate surface area is 166 Å². The molecule has 2 fully saturated rings. The third-order valence-corrected chi connectivity index (χ3v) is 5.97. The molecule has 1 aromatic heterocycles. The minimum absolute atomic E-state index is 0.0595. The van der Waals surface area contributed by atoms with E-state index in [9.17, 15) is 4.79 Å². The van der Waals surface area contributed by atoms with Crippen molar-refractivity contribution in [3.8, 4) is 0 Å². The smallest absolute Gasteiger partial charge is 0.317 e. The fraction of sp³-hybridized carbons (Fsp3) is 0.619. The fourth-order valence-electron chi connectivity index (χ4n) is 4.39. The zero-order valence-corrected chi connectivity index (χ0v) is 16.9. The van der Waals surface area contributed by atoms with Crippen LogP contribution in [-0.2, 0) is 11.8 Å². The summed E-state index contributed by atoms with van der Waals surface area (Å²) in [6.45, 7) is 8.00. The normalized spacial score (nSPS) is 20.4. The molecule has 2 saturated heterocycles. The minimum atomic E-state index is 0.0595. The molecule has 1 atom stereocenters. The van der Waals surface area contributed by atoms with Crippen molar-refractivity contribution in [1.82, 2.24) is 24.7 Å². The van der Waals surface area contributed by atoms with Gasteiger partial charge in [-0.3, -0.25) is 4.90 Å². The number of morpholine rings is 1. The maximum absolute atomic E-state index is 12.7. The van der Waals surface area contributed by atoms with E-state index in [4.69, 9.17) is 9.72 Å². The highest BCUT2D eigenvalue weighted by Crippen LogP contribution is 2.29. The molecule has 152 valence electrons. The third kappa shape index (κ3) is 4.15. The number of ether oxygens (including phenoxy) is 1. The maximum Gasteiger partial charge on any atom is 0.317 e. The van der Waals surface area contributed by atoms with Crippen LogP contribution in [0.2, 0.25) is 0 Å². The molecule has 0 saturated carbocycles. The van der Waals surface area contributed by atoms with Crippen LogP contribution in [0, 0.1) is 0 Å². The summed E-state index contributed by atoms with van der Waals surface area (Å²) in [5.41, 5.74) is 2.23. The molecule has 2 aliphatic heterocycles. The number of nitrogens with one attached hydrogen (secondary N) is 1. The van der Waals surface area contributed by atoms with Crippen molar-refractivity contribution in [2.24, 2.45) is 7.05 Å². The first-order chi connectivity index (χ1) is 13.6. The van der Waals surface area contributed by atoms with Crippen LogP contribution in [-0.4, -0.2) is 77.4 Å². The monoisotopic (exact) mass is 385 g/mol. The first-order valence-electron chi connectivity index (χ1n) is 10.4.